The van der Waals surface area contributed by atoms with Crippen LogP contribution in [0.3, 0.4) is 0 Å². The third kappa shape index (κ3) is 5.43. The zero-order valence-electron chi connectivity index (χ0n) is 17.8. The molecule has 0 fully saturated rings. The van der Waals surface area contributed by atoms with Gasteiger partial charge in [-0.3, -0.25) is 10.1 Å². The number of oxime groups is 1. The van der Waals surface area contributed by atoms with Crippen LogP contribution in [0.1, 0.15) is 16.1 Å². The average Bonchev–Trinajstić information content (AvgIpc) is 3.36. The number of amidine groups is 1. The monoisotopic (exact) mass is 457 g/mol. The number of hydrogen-bond acceptors (Lipinski definition) is 7. The molecule has 4 rings (SSSR count). The first kappa shape index (κ1) is 22.2. The van der Waals surface area contributed by atoms with Gasteiger partial charge in [0.05, 0.1) is 4.92 Å². The Bertz CT molecular complexity index is 1320. The van der Waals surface area contributed by atoms with E-state index in [1.807, 2.05) is 54.6 Å². The summed E-state index contributed by atoms with van der Waals surface area (Å²) in [5.74, 6) is -0.263. The highest BCUT2D eigenvalue weighted by Crippen LogP contribution is 2.22. The summed E-state index contributed by atoms with van der Waals surface area (Å²) in [5, 5.41) is 18.4. The molecule has 10 nitrogen and oxygen atoms in total. The third-order valence-corrected chi connectivity index (χ3v) is 4.78. The van der Waals surface area contributed by atoms with Crippen molar-refractivity contribution >= 4 is 17.5 Å². The van der Waals surface area contributed by atoms with Crippen LogP contribution in [0.25, 0.3) is 11.1 Å². The van der Waals surface area contributed by atoms with E-state index in [1.54, 1.807) is 6.20 Å². The SMILES string of the molecule is N/C(=N\OC(=O)c1ccn(COc2ccc(-c3ccccc3)cc2)n1)c1ccc([N+](=O)[O-])cc1. The summed E-state index contributed by atoms with van der Waals surface area (Å²) in [7, 11) is 0. The average molecular weight is 457 g/mol. The first-order chi connectivity index (χ1) is 16.5. The highest BCUT2D eigenvalue weighted by Gasteiger charge is 2.13. The molecule has 0 saturated carbocycles. The van der Waals surface area contributed by atoms with Gasteiger partial charge in [-0.05, 0) is 41.5 Å². The number of nitrogens with two attached hydrogens (primary N) is 1. The standard InChI is InChI=1S/C24H19N5O5/c25-23(19-6-10-20(11-7-19)29(31)32)27-34-24(30)22-14-15-28(26-22)16-33-21-12-8-18(9-13-21)17-4-2-1-3-5-17/h1-15H,16H2,(H2,25,27). The number of benzene rings is 3. The van der Waals surface area contributed by atoms with E-state index in [4.69, 9.17) is 15.3 Å². The first-order valence-electron chi connectivity index (χ1n) is 10.1. The quantitative estimate of drug-likeness (QED) is 0.139. The Morgan fingerprint density at radius 2 is 1.65 bits per heavy atom. The fraction of sp³-hybridized carbons (Fsp3) is 0.0417. The second kappa shape index (κ2) is 10.1. The molecule has 0 unspecified atom stereocenters. The Balaban J connectivity index is 1.31. The first-order valence-corrected chi connectivity index (χ1v) is 10.1. The number of hydrogen-bond donors (Lipinski definition) is 1. The zero-order chi connectivity index (χ0) is 23.9. The van der Waals surface area contributed by atoms with Crippen molar-refractivity contribution in [2.45, 2.75) is 6.73 Å². The van der Waals surface area contributed by atoms with Crippen LogP contribution in [0, 0.1) is 10.1 Å². The van der Waals surface area contributed by atoms with Gasteiger partial charge in [-0.1, -0.05) is 47.6 Å². The maximum Gasteiger partial charge on any atom is 0.385 e. The van der Waals surface area contributed by atoms with Gasteiger partial charge in [0.25, 0.3) is 5.69 Å². The largest absolute Gasteiger partial charge is 0.471 e. The fourth-order valence-corrected chi connectivity index (χ4v) is 3.00. The second-order valence-electron chi connectivity index (χ2n) is 7.06. The topological polar surface area (TPSA) is 135 Å². The summed E-state index contributed by atoms with van der Waals surface area (Å²) < 4.78 is 7.15. The lowest BCUT2D eigenvalue weighted by molar-refractivity contribution is -0.384. The molecular formula is C24H19N5O5. The van der Waals surface area contributed by atoms with Crippen LogP contribution < -0.4 is 10.5 Å². The van der Waals surface area contributed by atoms with Crippen molar-refractivity contribution in [3.05, 3.63) is 112 Å². The molecule has 1 heterocycles. The smallest absolute Gasteiger partial charge is 0.385 e. The highest BCUT2D eigenvalue weighted by atomic mass is 16.7. The van der Waals surface area contributed by atoms with E-state index in [0.717, 1.165) is 11.1 Å². The molecule has 0 atom stereocenters. The highest BCUT2D eigenvalue weighted by molar-refractivity contribution is 5.98. The lowest BCUT2D eigenvalue weighted by atomic mass is 10.1. The predicted molar refractivity (Wildman–Crippen MR) is 124 cm³/mol. The van der Waals surface area contributed by atoms with E-state index in [-0.39, 0.29) is 23.9 Å². The molecule has 4 aromatic rings. The Labute approximate surface area is 194 Å². The van der Waals surface area contributed by atoms with Crippen molar-refractivity contribution in [2.24, 2.45) is 10.9 Å². The van der Waals surface area contributed by atoms with Crippen molar-refractivity contribution in [3.63, 3.8) is 0 Å². The molecule has 0 radical (unpaired) electrons. The minimum atomic E-state index is -0.809. The van der Waals surface area contributed by atoms with Crippen molar-refractivity contribution < 1.29 is 19.3 Å². The van der Waals surface area contributed by atoms with Crippen LogP contribution in [-0.2, 0) is 11.6 Å². The molecule has 2 N–H and O–H groups in total. The van der Waals surface area contributed by atoms with Gasteiger partial charge in [-0.2, -0.15) is 5.10 Å². The van der Waals surface area contributed by atoms with Gasteiger partial charge in [0.15, 0.2) is 18.3 Å². The van der Waals surface area contributed by atoms with Gasteiger partial charge in [-0.15, -0.1) is 0 Å². The Hall–Kier alpha value is -4.99. The molecule has 0 bridgehead atoms. The maximum absolute atomic E-state index is 12.2. The van der Waals surface area contributed by atoms with Gasteiger partial charge in [0, 0.05) is 23.9 Å². The molecule has 1 aromatic heterocycles. The minimum Gasteiger partial charge on any atom is -0.471 e. The van der Waals surface area contributed by atoms with Crippen LogP contribution >= 0.6 is 0 Å². The molecular weight excluding hydrogens is 438 g/mol. The molecule has 34 heavy (non-hydrogen) atoms. The van der Waals surface area contributed by atoms with E-state index in [9.17, 15) is 14.9 Å². The maximum atomic E-state index is 12.2. The molecule has 170 valence electrons. The van der Waals surface area contributed by atoms with Crippen LogP contribution in [0.5, 0.6) is 5.75 Å². The van der Waals surface area contributed by atoms with E-state index in [2.05, 4.69) is 10.3 Å². The van der Waals surface area contributed by atoms with Crippen molar-refractivity contribution in [2.75, 3.05) is 0 Å². The summed E-state index contributed by atoms with van der Waals surface area (Å²) in [4.78, 5) is 27.2. The molecule has 0 aliphatic heterocycles. The number of non-ortho nitro benzene ring substituents is 1. The van der Waals surface area contributed by atoms with Gasteiger partial charge in [-0.25, -0.2) is 9.48 Å². The zero-order valence-corrected chi connectivity index (χ0v) is 17.8. The van der Waals surface area contributed by atoms with Crippen LogP contribution in [0.4, 0.5) is 5.69 Å². The Morgan fingerprint density at radius 1 is 0.971 bits per heavy atom. The molecule has 0 aliphatic carbocycles. The number of carbonyl (C=O) groups is 1. The van der Waals surface area contributed by atoms with E-state index >= 15 is 0 Å². The van der Waals surface area contributed by atoms with Crippen molar-refractivity contribution in [1.82, 2.24) is 9.78 Å². The summed E-state index contributed by atoms with van der Waals surface area (Å²) in [6.45, 7) is 0.0894. The van der Waals surface area contributed by atoms with Gasteiger partial charge in [0.1, 0.15) is 5.75 Å². The number of aromatic nitrogens is 2. The lowest BCUT2D eigenvalue weighted by Gasteiger charge is -2.07. The summed E-state index contributed by atoms with van der Waals surface area (Å²) in [6, 6.07) is 24.5. The summed E-state index contributed by atoms with van der Waals surface area (Å²) in [6.07, 6.45) is 1.57. The number of rotatable bonds is 8. The van der Waals surface area contributed by atoms with Crippen LogP contribution in [0.15, 0.2) is 96.3 Å². The van der Waals surface area contributed by atoms with Gasteiger partial charge in [0.2, 0.25) is 0 Å². The lowest BCUT2D eigenvalue weighted by Crippen LogP contribution is -2.15. The van der Waals surface area contributed by atoms with E-state index < -0.39 is 10.9 Å². The summed E-state index contributed by atoms with van der Waals surface area (Å²) >= 11 is 0. The van der Waals surface area contributed by atoms with Gasteiger partial charge >= 0.3 is 5.97 Å². The fourth-order valence-electron chi connectivity index (χ4n) is 3.00. The molecule has 10 heteroatoms. The molecule has 0 spiro atoms. The third-order valence-electron chi connectivity index (χ3n) is 4.78. The second-order valence-corrected chi connectivity index (χ2v) is 7.06. The molecule has 0 saturated heterocycles. The molecule has 0 aliphatic rings. The van der Waals surface area contributed by atoms with Crippen LogP contribution in [-0.4, -0.2) is 26.5 Å². The number of carbonyl (C=O) groups excluding carboxylic acids is 1. The van der Waals surface area contributed by atoms with Crippen LogP contribution in [0.2, 0.25) is 0 Å². The van der Waals surface area contributed by atoms with Crippen molar-refractivity contribution in [1.29, 1.82) is 0 Å². The predicted octanol–water partition coefficient (Wildman–Crippen LogP) is 3.97. The number of nitro groups is 1. The molecule has 0 amide bonds. The number of nitro benzene ring substituents is 1. The molecule has 3 aromatic carbocycles. The Kier molecular flexibility index (Phi) is 6.59. The number of ether oxygens (including phenoxy) is 1. The number of nitrogens with zero attached hydrogens (tertiary/aromatic N) is 4. The minimum absolute atomic E-state index is 0.0169. The Morgan fingerprint density at radius 3 is 2.32 bits per heavy atom. The van der Waals surface area contributed by atoms with E-state index in [0.29, 0.717) is 11.3 Å². The van der Waals surface area contributed by atoms with E-state index in [1.165, 1.54) is 35.0 Å². The summed E-state index contributed by atoms with van der Waals surface area (Å²) in [5.41, 5.74) is 8.26. The normalized spacial score (nSPS) is 11.1. The van der Waals surface area contributed by atoms with Crippen molar-refractivity contribution in [3.8, 4) is 16.9 Å². The van der Waals surface area contributed by atoms with Gasteiger partial charge < -0.3 is 15.3 Å².